The first-order chi connectivity index (χ1) is 14.5. The number of amides is 1. The molecule has 0 aromatic heterocycles. The Kier molecular flexibility index (Phi) is 6.45. The Labute approximate surface area is 186 Å². The molecule has 0 saturated heterocycles. The Morgan fingerprint density at radius 3 is 2.58 bits per heavy atom. The van der Waals surface area contributed by atoms with E-state index < -0.39 is 22.7 Å². The third-order valence-electron chi connectivity index (χ3n) is 4.61. The molecule has 1 aliphatic heterocycles. The average Bonchev–Trinajstić information content (AvgIpc) is 2.67. The lowest BCUT2D eigenvalue weighted by Gasteiger charge is -2.28. The predicted octanol–water partition coefficient (Wildman–Crippen LogP) is 4.92. The van der Waals surface area contributed by atoms with Crippen molar-refractivity contribution in [1.29, 1.82) is 0 Å². The lowest BCUT2D eigenvalue weighted by molar-refractivity contribution is -0.384. The van der Waals surface area contributed by atoms with Gasteiger partial charge in [-0.1, -0.05) is 30.4 Å². The topological polar surface area (TPSA) is 103 Å². The van der Waals surface area contributed by atoms with Gasteiger partial charge in [0.15, 0.2) is 0 Å². The van der Waals surface area contributed by atoms with Crippen molar-refractivity contribution >= 4 is 34.7 Å². The van der Waals surface area contributed by atoms with Crippen LogP contribution in [-0.4, -0.2) is 27.7 Å². The molecule has 2 atom stereocenters. The Morgan fingerprint density at radius 2 is 1.97 bits per heavy atom. The minimum Gasteiger partial charge on any atom is -0.481 e. The molecule has 0 aliphatic carbocycles. The number of fused-ring (bicyclic) bond motifs is 1. The number of anilines is 1. The van der Waals surface area contributed by atoms with Crippen molar-refractivity contribution in [2.24, 2.45) is 0 Å². The molecule has 0 bridgehead atoms. The Hall–Kier alpha value is -3.20. The summed E-state index contributed by atoms with van der Waals surface area (Å²) < 4.78 is 11.2. The van der Waals surface area contributed by atoms with Crippen LogP contribution in [0.5, 0.6) is 5.75 Å². The standard InChI is InChI=1S/C22H25N3O5S/c1-13-20(31)23-18-12-15(7-10-19(18)29-13)17(24-21(26)30-22(2,3)4)11-14-5-8-16(9-6-14)25(27)28/h5-10,12-13,17H,11H2,1-4H3,(H,23,31)(H,24,26). The molecule has 3 rings (SSSR count). The second kappa shape index (κ2) is 8.89. The van der Waals surface area contributed by atoms with Gasteiger partial charge in [-0.05, 0) is 57.4 Å². The highest BCUT2D eigenvalue weighted by molar-refractivity contribution is 7.80. The fourth-order valence-corrected chi connectivity index (χ4v) is 3.29. The van der Waals surface area contributed by atoms with Crippen LogP contribution in [0.1, 0.15) is 44.9 Å². The molecule has 1 heterocycles. The molecule has 8 nitrogen and oxygen atoms in total. The number of rotatable bonds is 5. The number of ether oxygens (including phenoxy) is 2. The number of carbonyl (C=O) groups is 1. The first kappa shape index (κ1) is 22.5. The van der Waals surface area contributed by atoms with Gasteiger partial charge in [-0.25, -0.2) is 4.79 Å². The zero-order valence-corrected chi connectivity index (χ0v) is 18.6. The summed E-state index contributed by atoms with van der Waals surface area (Å²) in [5, 5.41) is 17.0. The highest BCUT2D eigenvalue weighted by atomic mass is 32.1. The van der Waals surface area contributed by atoms with Gasteiger partial charge < -0.3 is 20.1 Å². The summed E-state index contributed by atoms with van der Waals surface area (Å²) in [4.78, 5) is 23.5. The molecule has 0 spiro atoms. The van der Waals surface area contributed by atoms with E-state index in [0.29, 0.717) is 17.2 Å². The van der Waals surface area contributed by atoms with Crippen molar-refractivity contribution in [3.8, 4) is 5.75 Å². The van der Waals surface area contributed by atoms with E-state index in [-0.39, 0.29) is 11.8 Å². The van der Waals surface area contributed by atoms with E-state index >= 15 is 0 Å². The molecule has 0 fully saturated rings. The normalized spacial score (nSPS) is 16.4. The van der Waals surface area contributed by atoms with Crippen molar-refractivity contribution < 1.29 is 19.2 Å². The molecule has 1 amide bonds. The highest BCUT2D eigenvalue weighted by Crippen LogP contribution is 2.33. The summed E-state index contributed by atoms with van der Waals surface area (Å²) >= 11 is 5.30. The van der Waals surface area contributed by atoms with Crippen LogP contribution in [0.3, 0.4) is 0 Å². The summed E-state index contributed by atoms with van der Waals surface area (Å²) in [6.07, 6.45) is -0.354. The van der Waals surface area contributed by atoms with Crippen LogP contribution in [0.4, 0.5) is 16.2 Å². The smallest absolute Gasteiger partial charge is 0.408 e. The molecule has 2 aromatic carbocycles. The van der Waals surface area contributed by atoms with Gasteiger partial charge in [-0.15, -0.1) is 0 Å². The Morgan fingerprint density at radius 1 is 1.29 bits per heavy atom. The fourth-order valence-electron chi connectivity index (χ4n) is 3.13. The van der Waals surface area contributed by atoms with Crippen LogP contribution >= 0.6 is 12.2 Å². The first-order valence-corrected chi connectivity index (χ1v) is 10.3. The lowest BCUT2D eigenvalue weighted by atomic mass is 9.97. The summed E-state index contributed by atoms with van der Waals surface area (Å²) in [6.45, 7) is 7.24. The highest BCUT2D eigenvalue weighted by Gasteiger charge is 2.25. The SMILES string of the molecule is CC1Oc2ccc(C(Cc3ccc([N+](=O)[O-])cc3)NC(=O)OC(C)(C)C)cc2NC1=S. The minimum absolute atomic E-state index is 0.0122. The zero-order chi connectivity index (χ0) is 22.8. The Balaban J connectivity index is 1.88. The first-order valence-electron chi connectivity index (χ1n) is 9.86. The number of hydrogen-bond acceptors (Lipinski definition) is 6. The van der Waals surface area contributed by atoms with E-state index in [1.165, 1.54) is 12.1 Å². The van der Waals surface area contributed by atoms with Crippen LogP contribution in [0.2, 0.25) is 0 Å². The van der Waals surface area contributed by atoms with Gasteiger partial charge in [0, 0.05) is 12.1 Å². The second-order valence-corrected chi connectivity index (χ2v) is 8.77. The minimum atomic E-state index is -0.643. The molecule has 0 radical (unpaired) electrons. The number of benzene rings is 2. The maximum Gasteiger partial charge on any atom is 0.408 e. The summed E-state index contributed by atoms with van der Waals surface area (Å²) in [6, 6.07) is 11.4. The van der Waals surface area contributed by atoms with Crippen LogP contribution in [0.25, 0.3) is 0 Å². The third kappa shape index (κ3) is 5.91. The van der Waals surface area contributed by atoms with Gasteiger partial charge >= 0.3 is 6.09 Å². The monoisotopic (exact) mass is 443 g/mol. The van der Waals surface area contributed by atoms with E-state index in [4.69, 9.17) is 21.7 Å². The lowest BCUT2D eigenvalue weighted by Crippen LogP contribution is -2.36. The largest absolute Gasteiger partial charge is 0.481 e. The Bertz CT molecular complexity index is 1000. The summed E-state index contributed by atoms with van der Waals surface area (Å²) in [5.74, 6) is 0.677. The molecule has 2 unspecified atom stereocenters. The van der Waals surface area contributed by atoms with Crippen molar-refractivity contribution in [3.05, 3.63) is 63.7 Å². The van der Waals surface area contributed by atoms with Crippen molar-refractivity contribution in [1.82, 2.24) is 5.32 Å². The van der Waals surface area contributed by atoms with Crippen molar-refractivity contribution in [3.63, 3.8) is 0 Å². The predicted molar refractivity (Wildman–Crippen MR) is 122 cm³/mol. The van der Waals surface area contributed by atoms with Crippen LogP contribution in [-0.2, 0) is 11.2 Å². The van der Waals surface area contributed by atoms with Crippen molar-refractivity contribution in [2.75, 3.05) is 5.32 Å². The second-order valence-electron chi connectivity index (χ2n) is 8.33. The molecule has 164 valence electrons. The number of carbonyl (C=O) groups excluding carboxylic acids is 1. The zero-order valence-electron chi connectivity index (χ0n) is 17.8. The number of hydrogen-bond donors (Lipinski definition) is 2. The van der Waals surface area contributed by atoms with Gasteiger partial charge in [0.1, 0.15) is 22.4 Å². The number of nitrogens with one attached hydrogen (secondary N) is 2. The fraction of sp³-hybridized carbons (Fsp3) is 0.364. The molecule has 9 heteroatoms. The molecule has 31 heavy (non-hydrogen) atoms. The van der Waals surface area contributed by atoms with E-state index in [2.05, 4.69) is 10.6 Å². The molecule has 2 N–H and O–H groups in total. The molecule has 0 saturated carbocycles. The summed E-state index contributed by atoms with van der Waals surface area (Å²) in [7, 11) is 0. The van der Waals surface area contributed by atoms with Gasteiger partial charge in [0.2, 0.25) is 0 Å². The van der Waals surface area contributed by atoms with E-state index in [1.807, 2.05) is 25.1 Å². The van der Waals surface area contributed by atoms with Gasteiger partial charge in [-0.3, -0.25) is 10.1 Å². The number of nitro groups is 1. The van der Waals surface area contributed by atoms with Gasteiger partial charge in [0.25, 0.3) is 5.69 Å². The maximum atomic E-state index is 12.5. The number of non-ortho nitro benzene ring substituents is 1. The van der Waals surface area contributed by atoms with Crippen LogP contribution in [0, 0.1) is 10.1 Å². The van der Waals surface area contributed by atoms with Gasteiger partial charge in [0.05, 0.1) is 16.7 Å². The van der Waals surface area contributed by atoms with E-state index in [9.17, 15) is 14.9 Å². The maximum absolute atomic E-state index is 12.5. The van der Waals surface area contributed by atoms with Gasteiger partial charge in [-0.2, -0.15) is 0 Å². The third-order valence-corrected chi connectivity index (χ3v) is 5.05. The molecule has 2 aromatic rings. The molecule has 1 aliphatic rings. The summed E-state index contributed by atoms with van der Waals surface area (Å²) in [5.41, 5.74) is 1.74. The number of thiocarbonyl (C=S) groups is 1. The van der Waals surface area contributed by atoms with E-state index in [0.717, 1.165) is 16.8 Å². The number of nitro benzene ring substituents is 1. The van der Waals surface area contributed by atoms with Crippen LogP contribution in [0.15, 0.2) is 42.5 Å². The number of alkyl carbamates (subject to hydrolysis) is 1. The molecular formula is C22H25N3O5S. The van der Waals surface area contributed by atoms with Crippen molar-refractivity contribution in [2.45, 2.75) is 51.9 Å². The quantitative estimate of drug-likeness (QED) is 0.384. The van der Waals surface area contributed by atoms with Crippen LogP contribution < -0.4 is 15.4 Å². The average molecular weight is 444 g/mol. The number of nitrogens with zero attached hydrogens (tertiary/aromatic N) is 1. The van der Waals surface area contributed by atoms with E-state index in [1.54, 1.807) is 32.9 Å². The molecular weight excluding hydrogens is 418 g/mol.